The number of amides is 1. The van der Waals surface area contributed by atoms with E-state index < -0.39 is 5.60 Å². The molecule has 1 aliphatic carbocycles. The smallest absolute Gasteiger partial charge is 0.220 e. The maximum atomic E-state index is 11.8. The summed E-state index contributed by atoms with van der Waals surface area (Å²) in [5.74, 6) is 3.21. The second kappa shape index (κ2) is 6.65. The quantitative estimate of drug-likeness (QED) is 0.774. The van der Waals surface area contributed by atoms with Crippen molar-refractivity contribution in [3.8, 4) is 0 Å². The number of hydrogen-bond acceptors (Lipinski definition) is 3. The molecule has 0 spiro atoms. The van der Waals surface area contributed by atoms with Gasteiger partial charge in [0.05, 0.1) is 5.60 Å². The van der Waals surface area contributed by atoms with Crippen LogP contribution in [0.3, 0.4) is 0 Å². The van der Waals surface area contributed by atoms with E-state index in [2.05, 4.69) is 12.2 Å². The van der Waals surface area contributed by atoms with Gasteiger partial charge in [-0.15, -0.1) is 0 Å². The first kappa shape index (κ1) is 16.1. The summed E-state index contributed by atoms with van der Waals surface area (Å²) < 4.78 is 5.78. The number of rotatable bonds is 8. The Morgan fingerprint density at radius 1 is 1.52 bits per heavy atom. The van der Waals surface area contributed by atoms with Crippen LogP contribution in [0.1, 0.15) is 63.9 Å². The Bertz CT molecular complexity index is 478. The van der Waals surface area contributed by atoms with Crippen LogP contribution in [-0.2, 0) is 11.2 Å². The Labute approximate surface area is 126 Å². The van der Waals surface area contributed by atoms with E-state index in [1.807, 2.05) is 19.1 Å². The Morgan fingerprint density at radius 2 is 2.24 bits per heavy atom. The van der Waals surface area contributed by atoms with Gasteiger partial charge in [0.25, 0.3) is 0 Å². The molecule has 1 heterocycles. The second-order valence-corrected chi connectivity index (χ2v) is 6.65. The number of carbonyl (C=O) groups excluding carboxylic acids is 1. The predicted molar refractivity (Wildman–Crippen MR) is 82.1 cm³/mol. The van der Waals surface area contributed by atoms with E-state index in [4.69, 9.17) is 4.42 Å². The molecule has 1 fully saturated rings. The molecule has 4 nitrogen and oxygen atoms in total. The summed E-state index contributed by atoms with van der Waals surface area (Å²) in [7, 11) is 0. The van der Waals surface area contributed by atoms with Gasteiger partial charge in [-0.05, 0) is 37.8 Å². The zero-order chi connectivity index (χ0) is 15.5. The average molecular weight is 293 g/mol. The molecule has 1 aromatic heterocycles. The summed E-state index contributed by atoms with van der Waals surface area (Å²) in [6.45, 7) is 6.31. The molecule has 21 heavy (non-hydrogen) atoms. The lowest BCUT2D eigenvalue weighted by atomic mass is 10.0. The van der Waals surface area contributed by atoms with E-state index in [0.717, 1.165) is 23.9 Å². The van der Waals surface area contributed by atoms with E-state index in [1.54, 1.807) is 6.92 Å². The monoisotopic (exact) mass is 293 g/mol. The molecule has 2 rings (SSSR count). The van der Waals surface area contributed by atoms with Crippen molar-refractivity contribution < 1.29 is 14.3 Å². The van der Waals surface area contributed by atoms with Crippen LogP contribution in [0.25, 0.3) is 0 Å². The maximum absolute atomic E-state index is 11.8. The highest BCUT2D eigenvalue weighted by atomic mass is 16.3. The number of furan rings is 1. The van der Waals surface area contributed by atoms with Crippen LogP contribution in [0.5, 0.6) is 0 Å². The van der Waals surface area contributed by atoms with Gasteiger partial charge in [-0.25, -0.2) is 0 Å². The van der Waals surface area contributed by atoms with Crippen LogP contribution in [0, 0.1) is 5.92 Å². The molecule has 0 aromatic carbocycles. The van der Waals surface area contributed by atoms with Crippen LogP contribution >= 0.6 is 0 Å². The zero-order valence-corrected chi connectivity index (χ0v) is 13.3. The number of aliphatic hydroxyl groups is 1. The fourth-order valence-corrected chi connectivity index (χ4v) is 2.69. The van der Waals surface area contributed by atoms with Crippen LogP contribution < -0.4 is 5.32 Å². The largest absolute Gasteiger partial charge is 0.466 e. The van der Waals surface area contributed by atoms with Crippen molar-refractivity contribution in [1.29, 1.82) is 0 Å². The van der Waals surface area contributed by atoms with E-state index in [-0.39, 0.29) is 5.91 Å². The molecule has 0 radical (unpaired) electrons. The first-order chi connectivity index (χ1) is 9.91. The van der Waals surface area contributed by atoms with Crippen molar-refractivity contribution in [3.05, 3.63) is 23.7 Å². The summed E-state index contributed by atoms with van der Waals surface area (Å²) >= 11 is 0. The summed E-state index contributed by atoms with van der Waals surface area (Å²) in [4.78, 5) is 11.8. The lowest BCUT2D eigenvalue weighted by Gasteiger charge is -2.22. The fraction of sp³-hybridized carbons (Fsp3) is 0.706. The number of nitrogens with one attached hydrogen (secondary N) is 1. The highest BCUT2D eigenvalue weighted by molar-refractivity contribution is 5.76. The molecule has 3 atom stereocenters. The second-order valence-electron chi connectivity index (χ2n) is 6.65. The van der Waals surface area contributed by atoms with E-state index in [1.165, 1.54) is 6.42 Å². The predicted octanol–water partition coefficient (Wildman–Crippen LogP) is 3.00. The molecule has 1 aromatic rings. The lowest BCUT2D eigenvalue weighted by molar-refractivity contribution is -0.122. The van der Waals surface area contributed by atoms with Crippen molar-refractivity contribution in [2.45, 2.75) is 64.4 Å². The molecule has 3 unspecified atom stereocenters. The number of hydrogen-bond donors (Lipinski definition) is 2. The molecule has 1 aliphatic rings. The SMILES string of the molecule is CCCC(C)(O)CNC(=O)CCc1ccc(C2CC2C)o1. The maximum Gasteiger partial charge on any atom is 0.220 e. The molecular formula is C17H27NO3. The minimum Gasteiger partial charge on any atom is -0.466 e. The van der Waals surface area contributed by atoms with Gasteiger partial charge in [0.1, 0.15) is 11.5 Å². The van der Waals surface area contributed by atoms with Crippen molar-refractivity contribution >= 4 is 5.91 Å². The first-order valence-electron chi connectivity index (χ1n) is 7.99. The van der Waals surface area contributed by atoms with Crippen LogP contribution in [-0.4, -0.2) is 23.2 Å². The number of aryl methyl sites for hydroxylation is 1. The minimum atomic E-state index is -0.815. The topological polar surface area (TPSA) is 62.5 Å². The van der Waals surface area contributed by atoms with Gasteiger partial charge in [0.15, 0.2) is 0 Å². The standard InChI is InChI=1S/C17H27NO3/c1-4-9-17(3,20)11-18-16(19)8-6-13-5-7-15(21-13)14-10-12(14)2/h5,7,12,14,20H,4,6,8-11H2,1-3H3,(H,18,19). The van der Waals surface area contributed by atoms with Crippen molar-refractivity contribution in [2.24, 2.45) is 5.92 Å². The normalized spacial score (nSPS) is 23.6. The summed E-state index contributed by atoms with van der Waals surface area (Å²) in [6.07, 6.45) is 3.81. The van der Waals surface area contributed by atoms with E-state index in [9.17, 15) is 9.90 Å². The minimum absolute atomic E-state index is 0.0379. The Balaban J connectivity index is 1.70. The molecule has 118 valence electrons. The fourth-order valence-electron chi connectivity index (χ4n) is 2.69. The molecule has 0 bridgehead atoms. The average Bonchev–Trinajstić information content (AvgIpc) is 2.97. The van der Waals surface area contributed by atoms with Gasteiger partial charge in [0.2, 0.25) is 5.91 Å². The lowest BCUT2D eigenvalue weighted by Crippen LogP contribution is -2.40. The molecular weight excluding hydrogens is 266 g/mol. The molecule has 0 saturated heterocycles. The Hall–Kier alpha value is -1.29. The molecule has 1 amide bonds. The third-order valence-corrected chi connectivity index (χ3v) is 4.21. The third-order valence-electron chi connectivity index (χ3n) is 4.21. The van der Waals surface area contributed by atoms with E-state index in [0.29, 0.717) is 31.7 Å². The van der Waals surface area contributed by atoms with Gasteiger partial charge in [0, 0.05) is 25.3 Å². The Morgan fingerprint density at radius 3 is 2.86 bits per heavy atom. The summed E-state index contributed by atoms with van der Waals surface area (Å²) in [6, 6.07) is 4.01. The van der Waals surface area contributed by atoms with Crippen molar-refractivity contribution in [3.63, 3.8) is 0 Å². The van der Waals surface area contributed by atoms with Crippen molar-refractivity contribution in [1.82, 2.24) is 5.32 Å². The summed E-state index contributed by atoms with van der Waals surface area (Å²) in [5.41, 5.74) is -0.815. The first-order valence-corrected chi connectivity index (χ1v) is 7.99. The van der Waals surface area contributed by atoms with Crippen molar-refractivity contribution in [2.75, 3.05) is 6.54 Å². The molecule has 1 saturated carbocycles. The molecule has 2 N–H and O–H groups in total. The van der Waals surface area contributed by atoms with Gasteiger partial charge in [-0.1, -0.05) is 20.3 Å². The zero-order valence-electron chi connectivity index (χ0n) is 13.3. The van der Waals surface area contributed by atoms with Crippen LogP contribution in [0.4, 0.5) is 0 Å². The van der Waals surface area contributed by atoms with E-state index >= 15 is 0 Å². The van der Waals surface area contributed by atoms with Gasteiger partial charge in [-0.3, -0.25) is 4.79 Å². The molecule has 4 heteroatoms. The van der Waals surface area contributed by atoms with Gasteiger partial charge in [-0.2, -0.15) is 0 Å². The third kappa shape index (κ3) is 4.88. The van der Waals surface area contributed by atoms with Gasteiger partial charge < -0.3 is 14.8 Å². The van der Waals surface area contributed by atoms with Gasteiger partial charge >= 0.3 is 0 Å². The summed E-state index contributed by atoms with van der Waals surface area (Å²) in [5, 5.41) is 12.8. The molecule has 0 aliphatic heterocycles. The van der Waals surface area contributed by atoms with Crippen LogP contribution in [0.15, 0.2) is 16.5 Å². The highest BCUT2D eigenvalue weighted by Gasteiger charge is 2.36. The number of carbonyl (C=O) groups is 1. The Kier molecular flexibility index (Phi) is 5.09. The van der Waals surface area contributed by atoms with Crippen LogP contribution in [0.2, 0.25) is 0 Å². The highest BCUT2D eigenvalue weighted by Crippen LogP contribution is 2.47.